The number of hydrogen-bond acceptors (Lipinski definition) is 4. The predicted octanol–water partition coefficient (Wildman–Crippen LogP) is 4.59. The van der Waals surface area contributed by atoms with Crippen molar-refractivity contribution >= 4 is 29.1 Å². The first-order valence-electron chi connectivity index (χ1n) is 11.1. The van der Waals surface area contributed by atoms with Crippen LogP contribution in [0.3, 0.4) is 0 Å². The highest BCUT2D eigenvalue weighted by Gasteiger charge is 2.30. The molecule has 0 aliphatic carbocycles. The predicted molar refractivity (Wildman–Crippen MR) is 128 cm³/mol. The van der Waals surface area contributed by atoms with Crippen LogP contribution in [0.15, 0.2) is 54.7 Å². The summed E-state index contributed by atoms with van der Waals surface area (Å²) in [6.07, 6.45) is 3.50. The molecule has 2 heterocycles. The van der Waals surface area contributed by atoms with Crippen LogP contribution >= 0.6 is 11.6 Å². The number of piperidine rings is 1. The van der Waals surface area contributed by atoms with Crippen molar-refractivity contribution in [1.29, 1.82) is 0 Å². The van der Waals surface area contributed by atoms with Crippen LogP contribution < -0.4 is 10.1 Å². The molecule has 33 heavy (non-hydrogen) atoms. The van der Waals surface area contributed by atoms with Gasteiger partial charge in [-0.1, -0.05) is 36.7 Å². The number of carbonyl (C=O) groups is 2. The first-order valence-corrected chi connectivity index (χ1v) is 11.5. The van der Waals surface area contributed by atoms with E-state index in [0.717, 1.165) is 11.4 Å². The van der Waals surface area contributed by atoms with Crippen molar-refractivity contribution in [3.05, 3.63) is 71.0 Å². The first-order chi connectivity index (χ1) is 16.0. The van der Waals surface area contributed by atoms with E-state index < -0.39 is 0 Å². The summed E-state index contributed by atoms with van der Waals surface area (Å²) >= 11 is 6.13. The molecule has 1 aromatic heterocycles. The summed E-state index contributed by atoms with van der Waals surface area (Å²) in [6.45, 7) is 3.05. The Morgan fingerprint density at radius 2 is 1.91 bits per heavy atom. The Kier molecular flexibility index (Phi) is 6.99. The molecule has 0 unspecified atom stereocenters. The zero-order chi connectivity index (χ0) is 23.4. The first kappa shape index (κ1) is 22.9. The van der Waals surface area contributed by atoms with Gasteiger partial charge in [0.15, 0.2) is 0 Å². The molecule has 1 saturated heterocycles. The van der Waals surface area contributed by atoms with Crippen LogP contribution in [0.1, 0.15) is 35.8 Å². The molecule has 7 nitrogen and oxygen atoms in total. The molecule has 8 heteroatoms. The van der Waals surface area contributed by atoms with E-state index in [-0.39, 0.29) is 17.7 Å². The Balaban J connectivity index is 1.42. The zero-order valence-corrected chi connectivity index (χ0v) is 19.5. The van der Waals surface area contributed by atoms with Gasteiger partial charge < -0.3 is 15.0 Å². The number of nitrogens with zero attached hydrogens (tertiary/aromatic N) is 3. The van der Waals surface area contributed by atoms with Gasteiger partial charge in [-0.3, -0.25) is 9.59 Å². The van der Waals surface area contributed by atoms with Gasteiger partial charge in [0, 0.05) is 24.0 Å². The number of para-hydroxylation sites is 2. The van der Waals surface area contributed by atoms with Crippen LogP contribution in [0, 0.1) is 5.92 Å². The van der Waals surface area contributed by atoms with E-state index in [1.54, 1.807) is 24.1 Å². The average Bonchev–Trinajstić information content (AvgIpc) is 3.28. The molecule has 0 radical (unpaired) electrons. The minimum Gasteiger partial charge on any atom is -0.495 e. The SMILES string of the molecule is CCc1c(C(=O)N2CCC(C(=O)Nc3ccccc3OC)CC2)cnn1-c1cccc(Cl)c1. The maximum absolute atomic E-state index is 13.3. The lowest BCUT2D eigenvalue weighted by atomic mass is 9.95. The van der Waals surface area contributed by atoms with Gasteiger partial charge in [0.2, 0.25) is 5.91 Å². The second-order valence-corrected chi connectivity index (χ2v) is 8.44. The van der Waals surface area contributed by atoms with Crippen molar-refractivity contribution < 1.29 is 14.3 Å². The molecule has 3 aromatic rings. The lowest BCUT2D eigenvalue weighted by Gasteiger charge is -2.31. The van der Waals surface area contributed by atoms with Crippen molar-refractivity contribution in [1.82, 2.24) is 14.7 Å². The number of likely N-dealkylation sites (tertiary alicyclic amines) is 1. The van der Waals surface area contributed by atoms with Crippen LogP contribution in [0.4, 0.5) is 5.69 Å². The quantitative estimate of drug-likeness (QED) is 0.576. The minimum absolute atomic E-state index is 0.0466. The van der Waals surface area contributed by atoms with E-state index in [0.29, 0.717) is 54.4 Å². The third-order valence-corrected chi connectivity index (χ3v) is 6.24. The maximum Gasteiger partial charge on any atom is 0.257 e. The van der Waals surface area contributed by atoms with Gasteiger partial charge in [0.1, 0.15) is 5.75 Å². The van der Waals surface area contributed by atoms with Gasteiger partial charge in [0.05, 0.1) is 35.9 Å². The summed E-state index contributed by atoms with van der Waals surface area (Å²) in [6, 6.07) is 14.8. The average molecular weight is 467 g/mol. The molecule has 2 amide bonds. The van der Waals surface area contributed by atoms with Crippen molar-refractivity contribution in [2.24, 2.45) is 5.92 Å². The number of benzene rings is 2. The molecular weight excluding hydrogens is 440 g/mol. The number of ether oxygens (including phenoxy) is 1. The summed E-state index contributed by atoms with van der Waals surface area (Å²) in [5, 5.41) is 8.03. The van der Waals surface area contributed by atoms with Gasteiger partial charge in [-0.25, -0.2) is 4.68 Å². The van der Waals surface area contributed by atoms with Gasteiger partial charge in [-0.15, -0.1) is 0 Å². The minimum atomic E-state index is -0.154. The van der Waals surface area contributed by atoms with Gasteiger partial charge in [-0.05, 0) is 49.6 Å². The number of aromatic nitrogens is 2. The molecule has 0 bridgehead atoms. The lowest BCUT2D eigenvalue weighted by molar-refractivity contribution is -0.121. The smallest absolute Gasteiger partial charge is 0.257 e. The van der Waals surface area contributed by atoms with E-state index in [9.17, 15) is 9.59 Å². The molecule has 0 spiro atoms. The fourth-order valence-corrected chi connectivity index (χ4v) is 4.41. The number of carbonyl (C=O) groups excluding carboxylic acids is 2. The van der Waals surface area contributed by atoms with Gasteiger partial charge in [0.25, 0.3) is 5.91 Å². The van der Waals surface area contributed by atoms with Crippen LogP contribution in [-0.4, -0.2) is 46.7 Å². The van der Waals surface area contributed by atoms with Crippen molar-refractivity contribution in [2.75, 3.05) is 25.5 Å². The molecule has 2 aromatic carbocycles. The number of methoxy groups -OCH3 is 1. The summed E-state index contributed by atoms with van der Waals surface area (Å²) < 4.78 is 7.08. The monoisotopic (exact) mass is 466 g/mol. The number of anilines is 1. The van der Waals surface area contributed by atoms with Crippen LogP contribution in [0.2, 0.25) is 5.02 Å². The normalized spacial score (nSPS) is 14.2. The largest absolute Gasteiger partial charge is 0.495 e. The number of nitrogens with one attached hydrogen (secondary N) is 1. The van der Waals surface area contributed by atoms with E-state index >= 15 is 0 Å². The molecule has 4 rings (SSSR count). The fraction of sp³-hybridized carbons (Fsp3) is 0.320. The third-order valence-electron chi connectivity index (χ3n) is 6.00. The van der Waals surface area contributed by atoms with Crippen LogP contribution in [0.25, 0.3) is 5.69 Å². The fourth-order valence-electron chi connectivity index (χ4n) is 4.22. The van der Waals surface area contributed by atoms with Crippen molar-refractivity contribution in [2.45, 2.75) is 26.2 Å². The molecule has 1 N–H and O–H groups in total. The molecule has 1 fully saturated rings. The Morgan fingerprint density at radius 1 is 1.15 bits per heavy atom. The Morgan fingerprint density at radius 3 is 2.61 bits per heavy atom. The Labute approximate surface area is 198 Å². The summed E-state index contributed by atoms with van der Waals surface area (Å²) in [5.74, 6) is 0.374. The number of rotatable bonds is 6. The molecule has 1 aliphatic rings. The van der Waals surface area contributed by atoms with Crippen LogP contribution in [0.5, 0.6) is 5.75 Å². The van der Waals surface area contributed by atoms with Crippen molar-refractivity contribution in [3.63, 3.8) is 0 Å². The Hall–Kier alpha value is -3.32. The maximum atomic E-state index is 13.3. The molecule has 172 valence electrons. The number of halogens is 1. The lowest BCUT2D eigenvalue weighted by Crippen LogP contribution is -2.41. The molecule has 0 saturated carbocycles. The third kappa shape index (κ3) is 4.88. The highest BCUT2D eigenvalue weighted by molar-refractivity contribution is 6.30. The topological polar surface area (TPSA) is 76.5 Å². The standard InChI is InChI=1S/C25H27ClN4O3/c1-3-22-20(16-27-30(22)19-8-6-7-18(26)15-19)25(32)29-13-11-17(12-14-29)24(31)28-21-9-4-5-10-23(21)33-2/h4-10,15-17H,3,11-14H2,1-2H3,(H,28,31). The number of hydrogen-bond donors (Lipinski definition) is 1. The summed E-state index contributed by atoms with van der Waals surface area (Å²) in [7, 11) is 1.58. The highest BCUT2D eigenvalue weighted by atomic mass is 35.5. The summed E-state index contributed by atoms with van der Waals surface area (Å²) in [5.41, 5.74) is 2.92. The van der Waals surface area contributed by atoms with Gasteiger partial charge in [-0.2, -0.15) is 5.10 Å². The van der Waals surface area contributed by atoms with Gasteiger partial charge >= 0.3 is 0 Å². The van der Waals surface area contributed by atoms with E-state index in [1.165, 1.54) is 0 Å². The van der Waals surface area contributed by atoms with Crippen molar-refractivity contribution in [3.8, 4) is 11.4 Å². The zero-order valence-electron chi connectivity index (χ0n) is 18.8. The molecular formula is C25H27ClN4O3. The summed E-state index contributed by atoms with van der Waals surface area (Å²) in [4.78, 5) is 27.9. The van der Waals surface area contributed by atoms with E-state index in [1.807, 2.05) is 54.3 Å². The molecule has 0 atom stereocenters. The molecule has 1 aliphatic heterocycles. The Bertz CT molecular complexity index is 1150. The van der Waals surface area contributed by atoms with E-state index in [4.69, 9.17) is 16.3 Å². The van der Waals surface area contributed by atoms with E-state index in [2.05, 4.69) is 10.4 Å². The second kappa shape index (κ2) is 10.1. The highest BCUT2D eigenvalue weighted by Crippen LogP contribution is 2.27. The number of amides is 2. The van der Waals surface area contributed by atoms with Crippen LogP contribution in [-0.2, 0) is 11.2 Å². The second-order valence-electron chi connectivity index (χ2n) is 8.01.